The Bertz CT molecular complexity index is 538. The first kappa shape index (κ1) is 13.4. The molecule has 90 valence electrons. The zero-order valence-corrected chi connectivity index (χ0v) is 11.1. The predicted molar refractivity (Wildman–Crippen MR) is 72.8 cm³/mol. The highest BCUT2D eigenvalue weighted by Crippen LogP contribution is 2.33. The first-order chi connectivity index (χ1) is 7.66. The molecular weight excluding hydrogens is 306 g/mol. The molecule has 0 unspecified atom stereocenters. The van der Waals surface area contributed by atoms with E-state index in [9.17, 15) is 5.11 Å². The van der Waals surface area contributed by atoms with Crippen molar-refractivity contribution in [2.45, 2.75) is 0 Å². The molecule has 5 N–H and O–H groups in total. The van der Waals surface area contributed by atoms with Crippen LogP contribution in [0, 0.1) is 0 Å². The van der Waals surface area contributed by atoms with Crippen LogP contribution in [0.5, 0.6) is 5.75 Å². The van der Waals surface area contributed by atoms with Crippen molar-refractivity contribution in [1.82, 2.24) is 10.2 Å². The van der Waals surface area contributed by atoms with Gasteiger partial charge in [0.2, 0.25) is 5.13 Å². The minimum absolute atomic E-state index is 0. The molecule has 0 amide bonds. The van der Waals surface area contributed by atoms with E-state index >= 15 is 0 Å². The van der Waals surface area contributed by atoms with Gasteiger partial charge in [0.1, 0.15) is 5.75 Å². The molecule has 0 fully saturated rings. The number of nitrogens with zero attached hydrogens (tertiary/aromatic N) is 3. The number of benzene rings is 1. The molecule has 1 aromatic heterocycles. The second-order valence-electron chi connectivity index (χ2n) is 2.94. The topological polar surface area (TPSA) is 110 Å². The van der Waals surface area contributed by atoms with Gasteiger partial charge in [-0.2, -0.15) is 4.99 Å². The zero-order valence-electron chi connectivity index (χ0n) is 8.57. The van der Waals surface area contributed by atoms with E-state index < -0.39 is 0 Å². The molecule has 2 aromatic rings. The van der Waals surface area contributed by atoms with Crippen LogP contribution in [0.1, 0.15) is 0 Å². The van der Waals surface area contributed by atoms with Crippen LogP contribution in [-0.4, -0.2) is 21.3 Å². The maximum absolute atomic E-state index is 9.61. The molecule has 0 saturated heterocycles. The molecule has 17 heavy (non-hydrogen) atoms. The molecule has 2 rings (SSSR count). The van der Waals surface area contributed by atoms with Crippen LogP contribution in [0.25, 0.3) is 10.6 Å². The molecule has 0 bridgehead atoms. The molecule has 0 saturated carbocycles. The lowest BCUT2D eigenvalue weighted by Gasteiger charge is -1.97. The number of phenolic OH excluding ortho intramolecular Hbond substituents is 1. The van der Waals surface area contributed by atoms with E-state index in [-0.39, 0.29) is 28.7 Å². The monoisotopic (exact) mass is 315 g/mol. The van der Waals surface area contributed by atoms with Crippen molar-refractivity contribution in [2.75, 3.05) is 0 Å². The highest BCUT2D eigenvalue weighted by Gasteiger charge is 2.09. The van der Waals surface area contributed by atoms with Gasteiger partial charge in [0.05, 0.1) is 5.56 Å². The van der Waals surface area contributed by atoms with Crippen molar-refractivity contribution in [2.24, 2.45) is 16.5 Å². The van der Waals surface area contributed by atoms with E-state index in [4.69, 9.17) is 11.5 Å². The predicted octanol–water partition coefficient (Wildman–Crippen LogP) is 1.39. The van der Waals surface area contributed by atoms with Crippen molar-refractivity contribution in [3.05, 3.63) is 24.3 Å². The van der Waals surface area contributed by atoms with Gasteiger partial charge >= 0.3 is 0 Å². The Morgan fingerprint density at radius 3 is 2.59 bits per heavy atom. The summed E-state index contributed by atoms with van der Waals surface area (Å²) in [6, 6.07) is 6.86. The van der Waals surface area contributed by atoms with E-state index in [1.165, 1.54) is 11.3 Å². The van der Waals surface area contributed by atoms with Crippen LogP contribution < -0.4 is 11.5 Å². The number of rotatable bonds is 2. The van der Waals surface area contributed by atoms with Gasteiger partial charge in [0.15, 0.2) is 11.0 Å². The quantitative estimate of drug-likeness (QED) is 0.573. The van der Waals surface area contributed by atoms with Gasteiger partial charge in [0.25, 0.3) is 0 Å². The molecule has 1 aromatic carbocycles. The second kappa shape index (κ2) is 5.60. The molecule has 1 heterocycles. The molecule has 6 nitrogen and oxygen atoms in total. The molecular formula is C9H10BrN5OS. The fourth-order valence-electron chi connectivity index (χ4n) is 1.13. The molecule has 0 atom stereocenters. The summed E-state index contributed by atoms with van der Waals surface area (Å²) < 4.78 is 0. The lowest BCUT2D eigenvalue weighted by molar-refractivity contribution is 0.477. The van der Waals surface area contributed by atoms with Crippen LogP contribution in [0.2, 0.25) is 0 Å². The van der Waals surface area contributed by atoms with Gasteiger partial charge in [-0.15, -0.1) is 27.2 Å². The Balaban J connectivity index is 0.00000144. The third-order valence-corrected chi connectivity index (χ3v) is 2.62. The SMILES string of the molecule is Br.NC(N)=Nc1nnc(-c2ccccc2O)s1. The van der Waals surface area contributed by atoms with Crippen LogP contribution >= 0.6 is 28.3 Å². The van der Waals surface area contributed by atoms with Crippen molar-refractivity contribution >= 4 is 39.4 Å². The minimum Gasteiger partial charge on any atom is -0.507 e. The number of para-hydroxylation sites is 1. The van der Waals surface area contributed by atoms with Crippen molar-refractivity contribution in [1.29, 1.82) is 0 Å². The fourth-order valence-corrected chi connectivity index (χ4v) is 1.90. The molecule has 0 aliphatic carbocycles. The number of nitrogens with two attached hydrogens (primary N) is 2. The van der Waals surface area contributed by atoms with Crippen LogP contribution in [0.3, 0.4) is 0 Å². The summed E-state index contributed by atoms with van der Waals surface area (Å²) >= 11 is 1.20. The Morgan fingerprint density at radius 2 is 1.94 bits per heavy atom. The van der Waals surface area contributed by atoms with E-state index in [1.54, 1.807) is 24.3 Å². The molecule has 0 aliphatic rings. The summed E-state index contributed by atoms with van der Waals surface area (Å²) in [5, 5.41) is 18.2. The van der Waals surface area contributed by atoms with E-state index in [1.807, 2.05) is 0 Å². The fraction of sp³-hybridized carbons (Fsp3) is 0. The number of hydrogen-bond acceptors (Lipinski definition) is 5. The Hall–Kier alpha value is -1.67. The number of phenols is 1. The minimum atomic E-state index is -0.0695. The van der Waals surface area contributed by atoms with Crippen molar-refractivity contribution in [3.8, 4) is 16.3 Å². The van der Waals surface area contributed by atoms with Gasteiger partial charge in [-0.05, 0) is 12.1 Å². The summed E-state index contributed by atoms with van der Waals surface area (Å²) in [7, 11) is 0. The van der Waals surface area contributed by atoms with Gasteiger partial charge in [-0.25, -0.2) is 0 Å². The lowest BCUT2D eigenvalue weighted by atomic mass is 10.2. The molecule has 0 spiro atoms. The van der Waals surface area contributed by atoms with Gasteiger partial charge in [0, 0.05) is 0 Å². The highest BCUT2D eigenvalue weighted by atomic mass is 79.9. The molecule has 0 aliphatic heterocycles. The van der Waals surface area contributed by atoms with Gasteiger partial charge in [-0.3, -0.25) is 0 Å². The first-order valence-corrected chi connectivity index (χ1v) is 5.20. The number of halogens is 1. The van der Waals surface area contributed by atoms with E-state index in [2.05, 4.69) is 15.2 Å². The van der Waals surface area contributed by atoms with E-state index in [0.29, 0.717) is 15.7 Å². The largest absolute Gasteiger partial charge is 0.507 e. The van der Waals surface area contributed by atoms with Crippen molar-refractivity contribution in [3.63, 3.8) is 0 Å². The van der Waals surface area contributed by atoms with Crippen molar-refractivity contribution < 1.29 is 5.11 Å². The Kier molecular flexibility index (Phi) is 4.41. The second-order valence-corrected chi connectivity index (χ2v) is 3.90. The summed E-state index contributed by atoms with van der Waals surface area (Å²) in [5.41, 5.74) is 11.0. The normalized spacial score (nSPS) is 9.41. The summed E-state index contributed by atoms with van der Waals surface area (Å²) in [4.78, 5) is 3.77. The maximum atomic E-state index is 9.61. The highest BCUT2D eigenvalue weighted by molar-refractivity contribution is 8.93. The third kappa shape index (κ3) is 3.14. The number of hydrogen-bond donors (Lipinski definition) is 3. The van der Waals surface area contributed by atoms with Crippen LogP contribution in [0.4, 0.5) is 5.13 Å². The number of aliphatic imine (C=N–C) groups is 1. The van der Waals surface area contributed by atoms with Crippen LogP contribution in [-0.2, 0) is 0 Å². The maximum Gasteiger partial charge on any atom is 0.235 e. The Labute approximate surface area is 112 Å². The number of aromatic hydroxyl groups is 1. The smallest absolute Gasteiger partial charge is 0.235 e. The Morgan fingerprint density at radius 1 is 1.24 bits per heavy atom. The summed E-state index contributed by atoms with van der Waals surface area (Å²) in [5.74, 6) is 0.0786. The van der Waals surface area contributed by atoms with Crippen LogP contribution in [0.15, 0.2) is 29.3 Å². The van der Waals surface area contributed by atoms with Gasteiger partial charge < -0.3 is 16.6 Å². The third-order valence-electron chi connectivity index (χ3n) is 1.77. The first-order valence-electron chi connectivity index (χ1n) is 4.38. The van der Waals surface area contributed by atoms with Gasteiger partial charge in [-0.1, -0.05) is 23.5 Å². The summed E-state index contributed by atoms with van der Waals surface area (Å²) in [6.07, 6.45) is 0. The lowest BCUT2D eigenvalue weighted by Crippen LogP contribution is -2.21. The molecule has 0 radical (unpaired) electrons. The molecule has 8 heteroatoms. The van der Waals surface area contributed by atoms with E-state index in [0.717, 1.165) is 0 Å². The average molecular weight is 316 g/mol. The zero-order chi connectivity index (χ0) is 11.5. The number of aromatic nitrogens is 2. The standard InChI is InChI=1S/C9H9N5OS.BrH/c10-8(11)12-9-14-13-7(16-9)5-3-1-2-4-6(5)15;/h1-4,15H,(H4,10,11,12,14);1H. The average Bonchev–Trinajstić information content (AvgIpc) is 2.66. The summed E-state index contributed by atoms with van der Waals surface area (Å²) in [6.45, 7) is 0. The number of guanidine groups is 1.